The van der Waals surface area contributed by atoms with Crippen LogP contribution in [0, 0.1) is 0 Å². The highest BCUT2D eigenvalue weighted by molar-refractivity contribution is 5.95. The van der Waals surface area contributed by atoms with E-state index in [1.807, 2.05) is 57.2 Å². The Morgan fingerprint density at radius 1 is 0.966 bits per heavy atom. The Balaban J connectivity index is 1.71. The first-order valence-corrected chi connectivity index (χ1v) is 9.49. The van der Waals surface area contributed by atoms with Crippen molar-refractivity contribution >= 4 is 5.91 Å². The molecule has 0 aliphatic heterocycles. The number of nitrogens with one attached hydrogen (secondary N) is 1. The lowest BCUT2D eigenvalue weighted by molar-refractivity contribution is 0.0911. The highest BCUT2D eigenvalue weighted by Crippen LogP contribution is 2.30. The van der Waals surface area contributed by atoms with Gasteiger partial charge < -0.3 is 14.8 Å². The van der Waals surface area contributed by atoms with Crippen LogP contribution in [0.1, 0.15) is 37.6 Å². The van der Waals surface area contributed by atoms with Crippen molar-refractivity contribution in [2.45, 2.75) is 32.7 Å². The first kappa shape index (κ1) is 20.3. The number of methoxy groups -OCH3 is 1. The second-order valence-corrected chi connectivity index (χ2v) is 7.28. The van der Waals surface area contributed by atoms with E-state index in [0.29, 0.717) is 28.6 Å². The third-order valence-corrected chi connectivity index (χ3v) is 4.70. The zero-order chi connectivity index (χ0) is 20.9. The molecule has 0 radical (unpaired) electrons. The summed E-state index contributed by atoms with van der Waals surface area (Å²) in [6.45, 7) is 6.05. The second-order valence-electron chi connectivity index (χ2n) is 7.28. The summed E-state index contributed by atoms with van der Waals surface area (Å²) in [5.74, 6) is 1.48. The van der Waals surface area contributed by atoms with Gasteiger partial charge in [-0.15, -0.1) is 10.2 Å². The lowest BCUT2D eigenvalue weighted by Crippen LogP contribution is -2.42. The summed E-state index contributed by atoms with van der Waals surface area (Å²) in [7, 11) is 1.59. The molecule has 29 heavy (non-hydrogen) atoms. The van der Waals surface area contributed by atoms with Crippen molar-refractivity contribution in [3.8, 4) is 28.6 Å². The number of ether oxygens (including phenoxy) is 2. The Hall–Kier alpha value is -3.41. The van der Waals surface area contributed by atoms with Crippen LogP contribution in [0.4, 0.5) is 0 Å². The van der Waals surface area contributed by atoms with Crippen LogP contribution in [0.2, 0.25) is 0 Å². The Kier molecular flexibility index (Phi) is 6.12. The van der Waals surface area contributed by atoms with Crippen molar-refractivity contribution in [3.05, 3.63) is 66.2 Å². The van der Waals surface area contributed by atoms with Crippen LogP contribution in [0.15, 0.2) is 60.7 Å². The van der Waals surface area contributed by atoms with Gasteiger partial charge in [0.2, 0.25) is 5.88 Å². The molecule has 0 unspecified atom stereocenters. The predicted octanol–water partition coefficient (Wildman–Crippen LogP) is 4.86. The molecular formula is C23H25N3O3. The topological polar surface area (TPSA) is 73.3 Å². The quantitative estimate of drug-likeness (QED) is 0.622. The number of amides is 1. The third-order valence-electron chi connectivity index (χ3n) is 4.70. The van der Waals surface area contributed by atoms with E-state index < -0.39 is 0 Å². The summed E-state index contributed by atoms with van der Waals surface area (Å²) in [6.07, 6.45) is 0.857. The van der Waals surface area contributed by atoms with Crippen LogP contribution < -0.4 is 14.8 Å². The molecule has 1 aromatic heterocycles. The maximum Gasteiger partial charge on any atom is 0.251 e. The summed E-state index contributed by atoms with van der Waals surface area (Å²) in [6, 6.07) is 18.2. The van der Waals surface area contributed by atoms with E-state index in [9.17, 15) is 4.79 Å². The molecule has 6 heteroatoms. The van der Waals surface area contributed by atoms with E-state index in [-0.39, 0.29) is 11.4 Å². The van der Waals surface area contributed by atoms with Gasteiger partial charge in [0.05, 0.1) is 12.8 Å². The summed E-state index contributed by atoms with van der Waals surface area (Å²) >= 11 is 0. The molecule has 0 fully saturated rings. The average molecular weight is 391 g/mol. The van der Waals surface area contributed by atoms with Gasteiger partial charge in [-0.1, -0.05) is 31.2 Å². The molecule has 1 heterocycles. The fourth-order valence-corrected chi connectivity index (χ4v) is 2.60. The molecule has 0 atom stereocenters. The normalized spacial score (nSPS) is 11.0. The lowest BCUT2D eigenvalue weighted by atomic mass is 10.0. The number of carbonyl (C=O) groups excluding carboxylic acids is 1. The molecule has 0 aliphatic rings. The zero-order valence-electron chi connectivity index (χ0n) is 17.1. The molecule has 0 aliphatic carbocycles. The molecule has 0 saturated carbocycles. The predicted molar refractivity (Wildman–Crippen MR) is 112 cm³/mol. The van der Waals surface area contributed by atoms with Crippen LogP contribution in [-0.2, 0) is 0 Å². The Bertz CT molecular complexity index is 967. The van der Waals surface area contributed by atoms with Gasteiger partial charge in [-0.25, -0.2) is 0 Å². The van der Waals surface area contributed by atoms with Crippen molar-refractivity contribution < 1.29 is 14.3 Å². The fourth-order valence-electron chi connectivity index (χ4n) is 2.60. The average Bonchev–Trinajstić information content (AvgIpc) is 2.74. The second kappa shape index (κ2) is 8.73. The molecule has 6 nitrogen and oxygen atoms in total. The van der Waals surface area contributed by atoms with Crippen molar-refractivity contribution in [2.75, 3.05) is 7.11 Å². The van der Waals surface area contributed by atoms with Crippen molar-refractivity contribution in [1.29, 1.82) is 0 Å². The standard InChI is InChI=1S/C23H25N3O3/c1-5-23(2,3)24-22(27)17-12-10-16(11-13-17)18-14-15-21(26-25-18)29-20-9-7-6-8-19(20)28-4/h6-15H,5H2,1-4H3,(H,24,27). The number of aromatic nitrogens is 2. The largest absolute Gasteiger partial charge is 0.493 e. The van der Waals surface area contributed by atoms with Gasteiger partial charge >= 0.3 is 0 Å². The Labute approximate surface area is 170 Å². The number of carbonyl (C=O) groups is 1. The number of benzene rings is 2. The Morgan fingerprint density at radius 2 is 1.66 bits per heavy atom. The minimum Gasteiger partial charge on any atom is -0.493 e. The van der Waals surface area contributed by atoms with Crippen LogP contribution in [0.5, 0.6) is 17.4 Å². The highest BCUT2D eigenvalue weighted by atomic mass is 16.5. The molecule has 2 aromatic carbocycles. The van der Waals surface area contributed by atoms with Crippen LogP contribution >= 0.6 is 0 Å². The summed E-state index contributed by atoms with van der Waals surface area (Å²) in [5, 5.41) is 11.4. The van der Waals surface area contributed by atoms with E-state index in [1.54, 1.807) is 31.4 Å². The molecule has 0 bridgehead atoms. The number of nitrogens with zero attached hydrogens (tertiary/aromatic N) is 2. The van der Waals surface area contributed by atoms with Crippen molar-refractivity contribution in [1.82, 2.24) is 15.5 Å². The van der Waals surface area contributed by atoms with Gasteiger partial charge in [-0.2, -0.15) is 0 Å². The van der Waals surface area contributed by atoms with E-state index >= 15 is 0 Å². The zero-order valence-corrected chi connectivity index (χ0v) is 17.1. The van der Waals surface area contributed by atoms with Gasteiger partial charge in [0, 0.05) is 22.7 Å². The van der Waals surface area contributed by atoms with Crippen molar-refractivity contribution in [2.24, 2.45) is 0 Å². The number of hydrogen-bond donors (Lipinski definition) is 1. The molecule has 0 spiro atoms. The Morgan fingerprint density at radius 3 is 2.24 bits per heavy atom. The highest BCUT2D eigenvalue weighted by Gasteiger charge is 2.18. The van der Waals surface area contributed by atoms with Gasteiger partial charge in [0.15, 0.2) is 11.5 Å². The van der Waals surface area contributed by atoms with E-state index in [1.165, 1.54) is 0 Å². The molecule has 3 rings (SSSR count). The lowest BCUT2D eigenvalue weighted by Gasteiger charge is -2.24. The first-order chi connectivity index (χ1) is 13.9. The maximum atomic E-state index is 12.4. The molecule has 0 saturated heterocycles. The molecule has 150 valence electrons. The number of rotatable bonds is 7. The minimum atomic E-state index is -0.238. The fraction of sp³-hybridized carbons (Fsp3) is 0.261. The number of hydrogen-bond acceptors (Lipinski definition) is 5. The molecule has 3 aromatic rings. The minimum absolute atomic E-state index is 0.0879. The first-order valence-electron chi connectivity index (χ1n) is 9.49. The summed E-state index contributed by atoms with van der Waals surface area (Å²) < 4.78 is 11.0. The SMILES string of the molecule is CCC(C)(C)NC(=O)c1ccc(-c2ccc(Oc3ccccc3OC)nn2)cc1. The van der Waals surface area contributed by atoms with E-state index in [4.69, 9.17) is 9.47 Å². The molecular weight excluding hydrogens is 366 g/mol. The monoisotopic (exact) mass is 391 g/mol. The third kappa shape index (κ3) is 5.10. The van der Waals surface area contributed by atoms with E-state index in [2.05, 4.69) is 15.5 Å². The summed E-state index contributed by atoms with van der Waals surface area (Å²) in [5.41, 5.74) is 1.93. The van der Waals surface area contributed by atoms with Crippen LogP contribution in [-0.4, -0.2) is 28.8 Å². The van der Waals surface area contributed by atoms with Gasteiger partial charge in [-0.3, -0.25) is 4.79 Å². The molecule has 1 amide bonds. The van der Waals surface area contributed by atoms with Gasteiger partial charge in [0.25, 0.3) is 5.91 Å². The smallest absolute Gasteiger partial charge is 0.251 e. The van der Waals surface area contributed by atoms with Crippen LogP contribution in [0.25, 0.3) is 11.3 Å². The van der Waals surface area contributed by atoms with Crippen molar-refractivity contribution in [3.63, 3.8) is 0 Å². The van der Waals surface area contributed by atoms with Gasteiger partial charge in [0.1, 0.15) is 0 Å². The van der Waals surface area contributed by atoms with E-state index in [0.717, 1.165) is 12.0 Å². The summed E-state index contributed by atoms with van der Waals surface area (Å²) in [4.78, 5) is 12.4. The maximum absolute atomic E-state index is 12.4. The molecule has 1 N–H and O–H groups in total. The number of para-hydroxylation sites is 2. The van der Waals surface area contributed by atoms with Gasteiger partial charge in [-0.05, 0) is 50.6 Å². The van der Waals surface area contributed by atoms with Crippen LogP contribution in [0.3, 0.4) is 0 Å².